The summed E-state index contributed by atoms with van der Waals surface area (Å²) < 4.78 is 7.05. The quantitative estimate of drug-likeness (QED) is 0.787. The van der Waals surface area contributed by atoms with Gasteiger partial charge in [0, 0.05) is 18.8 Å². The van der Waals surface area contributed by atoms with Gasteiger partial charge in [0.2, 0.25) is 0 Å². The Morgan fingerprint density at radius 1 is 1.27 bits per heavy atom. The van der Waals surface area contributed by atoms with Crippen molar-refractivity contribution in [1.82, 2.24) is 9.55 Å². The Labute approximate surface area is 94.1 Å². The summed E-state index contributed by atoms with van der Waals surface area (Å²) in [5, 5.41) is 0.725. The first-order valence-corrected chi connectivity index (χ1v) is 5.02. The van der Waals surface area contributed by atoms with E-state index in [9.17, 15) is 0 Å². The highest BCUT2D eigenvalue weighted by Crippen LogP contribution is 2.22. The van der Waals surface area contributed by atoms with Crippen molar-refractivity contribution < 1.29 is 4.74 Å². The molecule has 0 N–H and O–H groups in total. The summed E-state index contributed by atoms with van der Waals surface area (Å²) in [6.45, 7) is 0. The summed E-state index contributed by atoms with van der Waals surface area (Å²) in [6.07, 6.45) is 1.88. The third-order valence-electron chi connectivity index (χ3n) is 2.21. The Hall–Kier alpha value is -1.42. The molecule has 0 spiro atoms. The van der Waals surface area contributed by atoms with Crippen molar-refractivity contribution in [2.75, 3.05) is 7.11 Å². The van der Waals surface area contributed by atoms with Gasteiger partial charge in [0.25, 0.3) is 0 Å². The molecule has 0 saturated heterocycles. The van der Waals surface area contributed by atoms with E-state index in [1.54, 1.807) is 7.11 Å². The number of aromatic nitrogens is 2. The zero-order chi connectivity index (χ0) is 10.8. The molecule has 0 atom stereocenters. The summed E-state index contributed by atoms with van der Waals surface area (Å²) >= 11 is 4.21. The van der Waals surface area contributed by atoms with Crippen LogP contribution in [0.3, 0.4) is 0 Å². The van der Waals surface area contributed by atoms with Crippen LogP contribution < -0.4 is 4.74 Å². The number of benzene rings is 1. The SMILES string of the molecule is COc1ccc(-c2nc(S)cn2C)cc1. The Kier molecular flexibility index (Phi) is 2.68. The second-order valence-corrected chi connectivity index (χ2v) is 3.72. The normalized spacial score (nSPS) is 10.3. The Balaban J connectivity index is 2.41. The van der Waals surface area contributed by atoms with E-state index in [1.165, 1.54) is 0 Å². The molecule has 4 heteroatoms. The maximum Gasteiger partial charge on any atom is 0.141 e. The zero-order valence-electron chi connectivity index (χ0n) is 8.64. The van der Waals surface area contributed by atoms with Crippen LogP contribution in [0.15, 0.2) is 35.5 Å². The van der Waals surface area contributed by atoms with Gasteiger partial charge in [0.05, 0.1) is 7.11 Å². The molecule has 15 heavy (non-hydrogen) atoms. The highest BCUT2D eigenvalue weighted by atomic mass is 32.1. The van der Waals surface area contributed by atoms with Gasteiger partial charge in [0.15, 0.2) is 0 Å². The van der Waals surface area contributed by atoms with E-state index >= 15 is 0 Å². The Morgan fingerprint density at radius 3 is 2.40 bits per heavy atom. The minimum Gasteiger partial charge on any atom is -0.497 e. The van der Waals surface area contributed by atoms with Crippen LogP contribution >= 0.6 is 12.6 Å². The van der Waals surface area contributed by atoms with Gasteiger partial charge in [-0.3, -0.25) is 0 Å². The predicted molar refractivity (Wildman–Crippen MR) is 62.4 cm³/mol. The molecule has 0 aliphatic rings. The first-order valence-electron chi connectivity index (χ1n) is 4.57. The lowest BCUT2D eigenvalue weighted by Gasteiger charge is -2.03. The summed E-state index contributed by atoms with van der Waals surface area (Å²) in [5.41, 5.74) is 1.05. The number of nitrogens with zero attached hydrogens (tertiary/aromatic N) is 2. The highest BCUT2D eigenvalue weighted by molar-refractivity contribution is 7.80. The molecule has 0 radical (unpaired) electrons. The lowest BCUT2D eigenvalue weighted by molar-refractivity contribution is 0.415. The van der Waals surface area contributed by atoms with Crippen molar-refractivity contribution in [2.24, 2.45) is 7.05 Å². The minimum absolute atomic E-state index is 0.725. The van der Waals surface area contributed by atoms with Crippen LogP contribution in [-0.2, 0) is 7.05 Å². The minimum atomic E-state index is 0.725. The molecule has 2 aromatic rings. The lowest BCUT2D eigenvalue weighted by atomic mass is 10.2. The van der Waals surface area contributed by atoms with E-state index in [1.807, 2.05) is 42.1 Å². The number of hydrogen-bond donors (Lipinski definition) is 1. The van der Waals surface area contributed by atoms with Crippen LogP contribution in [0.1, 0.15) is 0 Å². The number of thiol groups is 1. The van der Waals surface area contributed by atoms with Crippen LogP contribution in [0, 0.1) is 0 Å². The van der Waals surface area contributed by atoms with Gasteiger partial charge >= 0.3 is 0 Å². The fourth-order valence-corrected chi connectivity index (χ4v) is 1.73. The van der Waals surface area contributed by atoms with Gasteiger partial charge in [0.1, 0.15) is 16.6 Å². The maximum absolute atomic E-state index is 5.10. The molecule has 1 heterocycles. The van der Waals surface area contributed by atoms with Crippen molar-refractivity contribution >= 4 is 12.6 Å². The van der Waals surface area contributed by atoms with Crippen molar-refractivity contribution in [1.29, 1.82) is 0 Å². The van der Waals surface area contributed by atoms with Gasteiger partial charge in [-0.2, -0.15) is 0 Å². The van der Waals surface area contributed by atoms with E-state index in [-0.39, 0.29) is 0 Å². The fourth-order valence-electron chi connectivity index (χ4n) is 1.46. The average molecular weight is 220 g/mol. The first kappa shape index (κ1) is 10.1. The molecule has 3 nitrogen and oxygen atoms in total. The predicted octanol–water partition coefficient (Wildman–Crippen LogP) is 2.38. The molecule has 0 aliphatic heterocycles. The molecule has 1 aromatic heterocycles. The second-order valence-electron chi connectivity index (χ2n) is 3.26. The van der Waals surface area contributed by atoms with Crippen molar-refractivity contribution in [2.45, 2.75) is 5.03 Å². The number of aryl methyl sites for hydroxylation is 1. The molecular formula is C11H12N2OS. The van der Waals surface area contributed by atoms with E-state index in [0.29, 0.717) is 0 Å². The maximum atomic E-state index is 5.10. The summed E-state index contributed by atoms with van der Waals surface area (Å²) in [7, 11) is 3.61. The van der Waals surface area contributed by atoms with Crippen LogP contribution in [0.4, 0.5) is 0 Å². The van der Waals surface area contributed by atoms with Crippen LogP contribution in [-0.4, -0.2) is 16.7 Å². The number of imidazole rings is 1. The van der Waals surface area contributed by atoms with Gasteiger partial charge in [-0.1, -0.05) is 0 Å². The fraction of sp³-hybridized carbons (Fsp3) is 0.182. The molecule has 2 rings (SSSR count). The summed E-state index contributed by atoms with van der Waals surface area (Å²) in [5.74, 6) is 1.75. The largest absolute Gasteiger partial charge is 0.497 e. The number of methoxy groups -OCH3 is 1. The van der Waals surface area contributed by atoms with E-state index in [0.717, 1.165) is 22.2 Å². The summed E-state index contributed by atoms with van der Waals surface area (Å²) in [4.78, 5) is 4.32. The Morgan fingerprint density at radius 2 is 1.93 bits per heavy atom. The van der Waals surface area contributed by atoms with E-state index in [2.05, 4.69) is 17.6 Å². The number of rotatable bonds is 2. The molecule has 0 bridgehead atoms. The van der Waals surface area contributed by atoms with E-state index in [4.69, 9.17) is 4.74 Å². The van der Waals surface area contributed by atoms with Crippen molar-refractivity contribution in [3.63, 3.8) is 0 Å². The number of hydrogen-bond acceptors (Lipinski definition) is 3. The monoisotopic (exact) mass is 220 g/mol. The first-order chi connectivity index (χ1) is 7.20. The molecule has 0 saturated carbocycles. The van der Waals surface area contributed by atoms with Crippen molar-refractivity contribution in [3.8, 4) is 17.1 Å². The summed E-state index contributed by atoms with van der Waals surface area (Å²) in [6, 6.07) is 7.80. The van der Waals surface area contributed by atoms with Crippen LogP contribution in [0.25, 0.3) is 11.4 Å². The molecule has 0 amide bonds. The van der Waals surface area contributed by atoms with Gasteiger partial charge in [-0.05, 0) is 24.3 Å². The standard InChI is InChI=1S/C11H12N2OS/c1-13-7-10(15)12-11(13)8-3-5-9(14-2)6-4-8/h3-7,15H,1-2H3. The molecule has 0 unspecified atom stereocenters. The Bertz CT molecular complexity index is 462. The van der Waals surface area contributed by atoms with Crippen LogP contribution in [0.5, 0.6) is 5.75 Å². The van der Waals surface area contributed by atoms with Crippen molar-refractivity contribution in [3.05, 3.63) is 30.5 Å². The lowest BCUT2D eigenvalue weighted by Crippen LogP contribution is -1.91. The molecule has 0 aliphatic carbocycles. The molecular weight excluding hydrogens is 208 g/mol. The molecule has 78 valence electrons. The third-order valence-corrected chi connectivity index (χ3v) is 2.43. The van der Waals surface area contributed by atoms with E-state index < -0.39 is 0 Å². The van der Waals surface area contributed by atoms with Crippen LogP contribution in [0.2, 0.25) is 0 Å². The smallest absolute Gasteiger partial charge is 0.141 e. The van der Waals surface area contributed by atoms with Gasteiger partial charge in [-0.15, -0.1) is 12.6 Å². The zero-order valence-corrected chi connectivity index (χ0v) is 9.53. The third kappa shape index (κ3) is 1.99. The topological polar surface area (TPSA) is 27.1 Å². The van der Waals surface area contributed by atoms with Gasteiger partial charge < -0.3 is 9.30 Å². The second kappa shape index (κ2) is 3.98. The molecule has 0 fully saturated rings. The average Bonchev–Trinajstić information content (AvgIpc) is 2.58. The highest BCUT2D eigenvalue weighted by Gasteiger charge is 2.05. The molecule has 1 aromatic carbocycles. The van der Waals surface area contributed by atoms with Gasteiger partial charge in [-0.25, -0.2) is 4.98 Å². The number of ether oxygens (including phenoxy) is 1.